The summed E-state index contributed by atoms with van der Waals surface area (Å²) in [4.78, 5) is 13.5. The number of nitrogens with one attached hydrogen (secondary N) is 2. The van der Waals surface area contributed by atoms with E-state index < -0.39 is 0 Å². The van der Waals surface area contributed by atoms with Crippen molar-refractivity contribution in [2.24, 2.45) is 10.9 Å². The first kappa shape index (κ1) is 12.9. The van der Waals surface area contributed by atoms with E-state index in [1.165, 1.54) is 43.6 Å². The monoisotopic (exact) mass is 298 g/mol. The van der Waals surface area contributed by atoms with Gasteiger partial charge in [0, 0.05) is 23.7 Å². The lowest BCUT2D eigenvalue weighted by Crippen LogP contribution is -2.58. The van der Waals surface area contributed by atoms with Crippen LogP contribution in [0.5, 0.6) is 0 Å². The highest BCUT2D eigenvalue weighted by molar-refractivity contribution is 5.99. The number of hydroxylamine groups is 1. The predicted octanol–water partition coefficient (Wildman–Crippen LogP) is 1.75. The van der Waals surface area contributed by atoms with Crippen molar-refractivity contribution < 1.29 is 4.84 Å². The molecule has 5 aliphatic heterocycles. The Morgan fingerprint density at radius 1 is 1.27 bits per heavy atom. The first-order valence-corrected chi connectivity index (χ1v) is 8.46. The Morgan fingerprint density at radius 3 is 3.00 bits per heavy atom. The summed E-state index contributed by atoms with van der Waals surface area (Å²) >= 11 is 0. The van der Waals surface area contributed by atoms with E-state index in [1.54, 1.807) is 0 Å². The number of nitrogens with zero attached hydrogens (tertiary/aromatic N) is 2. The zero-order valence-corrected chi connectivity index (χ0v) is 12.8. The normalized spacial score (nSPS) is 35.7. The molecule has 116 valence electrons. The molecule has 2 bridgehead atoms. The Kier molecular flexibility index (Phi) is 2.76. The maximum Gasteiger partial charge on any atom is 0.202 e. The Hall–Kier alpha value is -1.59. The first-order valence-electron chi connectivity index (χ1n) is 8.46. The van der Waals surface area contributed by atoms with Crippen LogP contribution in [0, 0.1) is 5.92 Å². The summed E-state index contributed by atoms with van der Waals surface area (Å²) in [5.41, 5.74) is 6.59. The van der Waals surface area contributed by atoms with Gasteiger partial charge in [-0.15, -0.1) is 0 Å². The molecule has 5 heterocycles. The van der Waals surface area contributed by atoms with Crippen LogP contribution >= 0.6 is 0 Å². The molecule has 5 nitrogen and oxygen atoms in total. The quantitative estimate of drug-likeness (QED) is 0.829. The Balaban J connectivity index is 1.48. The van der Waals surface area contributed by atoms with Gasteiger partial charge < -0.3 is 5.32 Å². The molecule has 1 aromatic carbocycles. The summed E-state index contributed by atoms with van der Waals surface area (Å²) in [6.45, 7) is 4.41. The fraction of sp³-hybridized carbons (Fsp3) is 0.588. The SMILES string of the molecule is c1cc2c(cc1C1=N[C@]3(CN4CCC3CC4)ON1)CCCN2. The molecule has 1 atom stereocenters. The molecule has 3 fully saturated rings. The number of anilines is 1. The molecule has 3 saturated heterocycles. The average molecular weight is 298 g/mol. The van der Waals surface area contributed by atoms with Crippen molar-refractivity contribution in [3.05, 3.63) is 29.3 Å². The van der Waals surface area contributed by atoms with E-state index in [1.807, 2.05) is 0 Å². The molecule has 0 saturated carbocycles. The standard InChI is InChI=1S/C17H22N4O/c1-2-12-10-13(3-4-15(12)18-7-1)16-19-17(22-20-16)11-21-8-5-14(17)6-9-21/h3-4,10,14,18H,1-2,5-9,11H2,(H,19,20)/t17-/m1/s1. The highest BCUT2D eigenvalue weighted by Gasteiger charge is 2.51. The number of fused-ring (bicyclic) bond motifs is 3. The minimum absolute atomic E-state index is 0.347. The second-order valence-electron chi connectivity index (χ2n) is 6.96. The largest absolute Gasteiger partial charge is 0.385 e. The molecular weight excluding hydrogens is 276 g/mol. The number of hydrogen-bond donors (Lipinski definition) is 2. The predicted molar refractivity (Wildman–Crippen MR) is 85.9 cm³/mol. The molecule has 0 unspecified atom stereocenters. The average Bonchev–Trinajstić information content (AvgIpc) is 2.99. The molecule has 22 heavy (non-hydrogen) atoms. The van der Waals surface area contributed by atoms with Crippen LogP contribution in [-0.4, -0.2) is 42.6 Å². The minimum atomic E-state index is -0.347. The van der Waals surface area contributed by atoms with Crippen molar-refractivity contribution in [1.29, 1.82) is 0 Å². The lowest BCUT2D eigenvalue weighted by molar-refractivity contribution is -0.155. The first-order chi connectivity index (χ1) is 10.8. The minimum Gasteiger partial charge on any atom is -0.385 e. The smallest absolute Gasteiger partial charge is 0.202 e. The lowest BCUT2D eigenvalue weighted by atomic mass is 9.81. The molecule has 6 rings (SSSR count). The third-order valence-electron chi connectivity index (χ3n) is 5.62. The van der Waals surface area contributed by atoms with Gasteiger partial charge in [-0.05, 0) is 62.5 Å². The summed E-state index contributed by atoms with van der Waals surface area (Å²) < 4.78 is 0. The van der Waals surface area contributed by atoms with Crippen LogP contribution in [0.25, 0.3) is 0 Å². The van der Waals surface area contributed by atoms with Crippen molar-refractivity contribution in [2.75, 3.05) is 31.5 Å². The summed E-state index contributed by atoms with van der Waals surface area (Å²) in [6, 6.07) is 6.58. The number of aliphatic imine (C=N–C) groups is 1. The van der Waals surface area contributed by atoms with Gasteiger partial charge in [-0.25, -0.2) is 15.3 Å². The van der Waals surface area contributed by atoms with E-state index >= 15 is 0 Å². The van der Waals surface area contributed by atoms with Crippen LogP contribution in [0.2, 0.25) is 0 Å². The van der Waals surface area contributed by atoms with E-state index in [4.69, 9.17) is 9.83 Å². The highest BCUT2D eigenvalue weighted by atomic mass is 16.7. The van der Waals surface area contributed by atoms with Crippen LogP contribution in [0.1, 0.15) is 30.4 Å². The van der Waals surface area contributed by atoms with Crippen LogP contribution in [0.15, 0.2) is 23.2 Å². The van der Waals surface area contributed by atoms with E-state index in [0.29, 0.717) is 5.92 Å². The van der Waals surface area contributed by atoms with E-state index in [9.17, 15) is 0 Å². The molecule has 0 amide bonds. The Bertz CT molecular complexity index is 636. The van der Waals surface area contributed by atoms with Gasteiger partial charge in [-0.2, -0.15) is 0 Å². The van der Waals surface area contributed by atoms with E-state index in [-0.39, 0.29) is 5.72 Å². The number of rotatable bonds is 1. The van der Waals surface area contributed by atoms with Crippen molar-refractivity contribution in [3.63, 3.8) is 0 Å². The van der Waals surface area contributed by atoms with Crippen molar-refractivity contribution in [2.45, 2.75) is 31.4 Å². The summed E-state index contributed by atoms with van der Waals surface area (Å²) in [5.74, 6) is 1.46. The second kappa shape index (κ2) is 4.70. The van der Waals surface area contributed by atoms with Gasteiger partial charge in [-0.3, -0.25) is 4.90 Å². The topological polar surface area (TPSA) is 48.9 Å². The molecular formula is C17H22N4O. The van der Waals surface area contributed by atoms with Gasteiger partial charge >= 0.3 is 0 Å². The Labute approximate surface area is 130 Å². The van der Waals surface area contributed by atoms with Gasteiger partial charge in [0.1, 0.15) is 0 Å². The molecule has 1 spiro atoms. The third-order valence-corrected chi connectivity index (χ3v) is 5.62. The fourth-order valence-electron chi connectivity index (χ4n) is 4.35. The second-order valence-corrected chi connectivity index (χ2v) is 6.96. The number of amidine groups is 1. The fourth-order valence-corrected chi connectivity index (χ4v) is 4.35. The van der Waals surface area contributed by atoms with Crippen LogP contribution in [0.4, 0.5) is 5.69 Å². The van der Waals surface area contributed by atoms with E-state index in [0.717, 1.165) is 30.9 Å². The van der Waals surface area contributed by atoms with Gasteiger partial charge in [0.15, 0.2) is 5.84 Å². The van der Waals surface area contributed by atoms with Crippen LogP contribution in [0.3, 0.4) is 0 Å². The molecule has 0 aliphatic carbocycles. The molecule has 1 aromatic rings. The zero-order valence-electron chi connectivity index (χ0n) is 12.8. The number of piperidine rings is 3. The lowest BCUT2D eigenvalue weighted by Gasteiger charge is -2.47. The van der Waals surface area contributed by atoms with Gasteiger partial charge in [-0.1, -0.05) is 0 Å². The molecule has 5 heteroatoms. The Morgan fingerprint density at radius 2 is 2.18 bits per heavy atom. The number of aryl methyl sites for hydroxylation is 1. The van der Waals surface area contributed by atoms with Crippen molar-refractivity contribution in [1.82, 2.24) is 10.4 Å². The molecule has 5 aliphatic rings. The molecule has 0 radical (unpaired) electrons. The zero-order chi connectivity index (χ0) is 14.6. The molecule has 2 N–H and O–H groups in total. The highest BCUT2D eigenvalue weighted by Crippen LogP contribution is 2.41. The summed E-state index contributed by atoms with van der Waals surface area (Å²) in [5, 5.41) is 3.46. The van der Waals surface area contributed by atoms with Crippen molar-refractivity contribution >= 4 is 11.5 Å². The van der Waals surface area contributed by atoms with Crippen molar-refractivity contribution in [3.8, 4) is 0 Å². The number of benzene rings is 1. The maximum atomic E-state index is 6.02. The maximum absolute atomic E-state index is 6.02. The van der Waals surface area contributed by atoms with Gasteiger partial charge in [0.2, 0.25) is 5.72 Å². The van der Waals surface area contributed by atoms with Crippen LogP contribution < -0.4 is 10.8 Å². The van der Waals surface area contributed by atoms with E-state index in [2.05, 4.69) is 33.9 Å². The van der Waals surface area contributed by atoms with Gasteiger partial charge in [0.05, 0.1) is 6.54 Å². The number of hydrogen-bond acceptors (Lipinski definition) is 5. The summed E-state index contributed by atoms with van der Waals surface area (Å²) in [7, 11) is 0. The van der Waals surface area contributed by atoms with Crippen LogP contribution in [-0.2, 0) is 11.3 Å². The molecule has 0 aromatic heterocycles. The summed E-state index contributed by atoms with van der Waals surface area (Å²) in [6.07, 6.45) is 4.75. The van der Waals surface area contributed by atoms with Gasteiger partial charge in [0.25, 0.3) is 0 Å². The third kappa shape index (κ3) is 1.88.